The molecule has 2 N–H and O–H groups in total. The van der Waals surface area contributed by atoms with Gasteiger partial charge in [-0.1, -0.05) is 0 Å². The Labute approximate surface area is 107 Å². The van der Waals surface area contributed by atoms with Gasteiger partial charge in [-0.2, -0.15) is 0 Å². The van der Waals surface area contributed by atoms with Crippen molar-refractivity contribution in [2.75, 3.05) is 18.5 Å². The summed E-state index contributed by atoms with van der Waals surface area (Å²) in [6.45, 7) is 8.31. The maximum Gasteiger partial charge on any atom is 0.239 e. The molecule has 0 aliphatic carbocycles. The third kappa shape index (κ3) is 4.20. The van der Waals surface area contributed by atoms with E-state index in [9.17, 15) is 4.79 Å². The predicted molar refractivity (Wildman–Crippen MR) is 69.7 cm³/mol. The molecule has 0 bridgehead atoms. The lowest BCUT2D eigenvalue weighted by Crippen LogP contribution is -2.35. The molecular weight excluding hydrogens is 232 g/mol. The first-order chi connectivity index (χ1) is 8.54. The van der Waals surface area contributed by atoms with Crippen molar-refractivity contribution < 1.29 is 9.53 Å². The Hall–Kier alpha value is -1.85. The van der Waals surface area contributed by atoms with Crippen LogP contribution in [0.25, 0.3) is 0 Å². The van der Waals surface area contributed by atoms with Crippen LogP contribution in [0.4, 0.5) is 5.82 Å². The highest BCUT2D eigenvalue weighted by Crippen LogP contribution is 2.19. The van der Waals surface area contributed by atoms with Gasteiger partial charge in [0.15, 0.2) is 0 Å². The summed E-state index contributed by atoms with van der Waals surface area (Å²) in [6.07, 6.45) is 1.42. The van der Waals surface area contributed by atoms with Crippen LogP contribution >= 0.6 is 0 Å². The fourth-order valence-electron chi connectivity index (χ4n) is 1.43. The molecular formula is C12H20N4O2. The molecule has 100 valence electrons. The lowest BCUT2D eigenvalue weighted by molar-refractivity contribution is -0.119. The second-order valence-corrected chi connectivity index (χ2v) is 4.16. The summed E-state index contributed by atoms with van der Waals surface area (Å²) in [7, 11) is 0. The molecule has 0 saturated carbocycles. The van der Waals surface area contributed by atoms with Gasteiger partial charge in [0.25, 0.3) is 0 Å². The van der Waals surface area contributed by atoms with E-state index in [2.05, 4.69) is 20.6 Å². The molecule has 1 rings (SSSR count). The minimum Gasteiger partial charge on any atom is -0.478 e. The Morgan fingerprint density at radius 1 is 1.44 bits per heavy atom. The van der Waals surface area contributed by atoms with Crippen LogP contribution in [0.1, 0.15) is 26.3 Å². The number of nitrogens with zero attached hydrogens (tertiary/aromatic N) is 2. The molecule has 1 amide bonds. The van der Waals surface area contributed by atoms with Gasteiger partial charge < -0.3 is 15.4 Å². The van der Waals surface area contributed by atoms with Crippen LogP contribution in [-0.4, -0.2) is 35.1 Å². The number of hydrogen-bond donors (Lipinski definition) is 2. The van der Waals surface area contributed by atoms with E-state index in [1.165, 1.54) is 6.33 Å². The highest BCUT2D eigenvalue weighted by Gasteiger charge is 2.09. The van der Waals surface area contributed by atoms with Crippen LogP contribution in [0.15, 0.2) is 6.33 Å². The molecule has 0 radical (unpaired) electrons. The second kappa shape index (κ2) is 6.78. The Kier molecular flexibility index (Phi) is 5.35. The number of hydrogen-bond acceptors (Lipinski definition) is 5. The van der Waals surface area contributed by atoms with Gasteiger partial charge in [-0.15, -0.1) is 0 Å². The summed E-state index contributed by atoms with van der Waals surface area (Å²) >= 11 is 0. The monoisotopic (exact) mass is 252 g/mol. The van der Waals surface area contributed by atoms with Crippen molar-refractivity contribution in [2.24, 2.45) is 0 Å². The van der Waals surface area contributed by atoms with Crippen molar-refractivity contribution in [2.45, 2.75) is 33.7 Å². The van der Waals surface area contributed by atoms with Crippen LogP contribution in [0, 0.1) is 6.92 Å². The van der Waals surface area contributed by atoms with E-state index in [1.54, 1.807) is 0 Å². The zero-order chi connectivity index (χ0) is 13.5. The predicted octanol–water partition coefficient (Wildman–Crippen LogP) is 1.12. The Morgan fingerprint density at radius 3 is 2.78 bits per heavy atom. The molecule has 0 aliphatic heterocycles. The number of carbonyl (C=O) groups excluding carboxylic acids is 1. The van der Waals surface area contributed by atoms with Crippen LogP contribution in [0.2, 0.25) is 0 Å². The standard InChI is InChI=1S/C12H20N4O2/c1-5-18-12-9(4)11(14-7-15-12)13-6-10(17)16-8(2)3/h7-8H,5-6H2,1-4H3,(H,16,17)(H,13,14,15). The fraction of sp³-hybridized carbons (Fsp3) is 0.583. The quantitative estimate of drug-likeness (QED) is 0.793. The van der Waals surface area contributed by atoms with Crippen molar-refractivity contribution in [1.29, 1.82) is 0 Å². The Bertz CT molecular complexity index is 407. The van der Waals surface area contributed by atoms with Crippen LogP contribution < -0.4 is 15.4 Å². The van der Waals surface area contributed by atoms with Gasteiger partial charge in [-0.25, -0.2) is 9.97 Å². The van der Waals surface area contributed by atoms with E-state index in [-0.39, 0.29) is 18.5 Å². The molecule has 0 spiro atoms. The number of amides is 1. The zero-order valence-corrected chi connectivity index (χ0v) is 11.3. The van der Waals surface area contributed by atoms with Gasteiger partial charge in [0, 0.05) is 6.04 Å². The summed E-state index contributed by atoms with van der Waals surface area (Å²) in [5.74, 6) is 1.09. The van der Waals surface area contributed by atoms with E-state index in [0.29, 0.717) is 18.3 Å². The second-order valence-electron chi connectivity index (χ2n) is 4.16. The Morgan fingerprint density at radius 2 is 2.17 bits per heavy atom. The molecule has 0 unspecified atom stereocenters. The first-order valence-electron chi connectivity index (χ1n) is 6.02. The lowest BCUT2D eigenvalue weighted by atomic mass is 10.3. The van der Waals surface area contributed by atoms with E-state index in [1.807, 2.05) is 27.7 Å². The molecule has 0 aromatic carbocycles. The maximum atomic E-state index is 11.5. The molecule has 6 nitrogen and oxygen atoms in total. The van der Waals surface area contributed by atoms with Crippen molar-refractivity contribution in [3.05, 3.63) is 11.9 Å². The normalized spacial score (nSPS) is 10.3. The summed E-state index contributed by atoms with van der Waals surface area (Å²) < 4.78 is 5.36. The van der Waals surface area contributed by atoms with E-state index >= 15 is 0 Å². The van der Waals surface area contributed by atoms with Gasteiger partial charge in [-0.05, 0) is 27.7 Å². The molecule has 0 saturated heterocycles. The van der Waals surface area contributed by atoms with Crippen molar-refractivity contribution in [1.82, 2.24) is 15.3 Å². The zero-order valence-electron chi connectivity index (χ0n) is 11.3. The van der Waals surface area contributed by atoms with Crippen LogP contribution in [0.3, 0.4) is 0 Å². The van der Waals surface area contributed by atoms with E-state index in [4.69, 9.17) is 4.74 Å². The van der Waals surface area contributed by atoms with Crippen molar-refractivity contribution in [3.8, 4) is 5.88 Å². The minimum atomic E-state index is -0.0685. The third-order valence-corrected chi connectivity index (χ3v) is 2.18. The largest absolute Gasteiger partial charge is 0.478 e. The van der Waals surface area contributed by atoms with Crippen LogP contribution in [0.5, 0.6) is 5.88 Å². The van der Waals surface area contributed by atoms with Gasteiger partial charge >= 0.3 is 0 Å². The molecule has 18 heavy (non-hydrogen) atoms. The van der Waals surface area contributed by atoms with Crippen molar-refractivity contribution >= 4 is 11.7 Å². The topological polar surface area (TPSA) is 76.1 Å². The molecule has 1 aromatic rings. The maximum absolute atomic E-state index is 11.5. The summed E-state index contributed by atoms with van der Waals surface area (Å²) in [6, 6.07) is 0.129. The van der Waals surface area contributed by atoms with Crippen LogP contribution in [-0.2, 0) is 4.79 Å². The average molecular weight is 252 g/mol. The van der Waals surface area contributed by atoms with E-state index in [0.717, 1.165) is 5.56 Å². The molecule has 1 heterocycles. The lowest BCUT2D eigenvalue weighted by Gasteiger charge is -2.12. The fourth-order valence-corrected chi connectivity index (χ4v) is 1.43. The minimum absolute atomic E-state index is 0.0685. The highest BCUT2D eigenvalue weighted by molar-refractivity contribution is 5.80. The number of carbonyl (C=O) groups is 1. The summed E-state index contributed by atoms with van der Waals surface area (Å²) in [4.78, 5) is 19.6. The van der Waals surface area contributed by atoms with Gasteiger partial charge in [-0.3, -0.25) is 4.79 Å². The van der Waals surface area contributed by atoms with Gasteiger partial charge in [0.2, 0.25) is 11.8 Å². The molecule has 6 heteroatoms. The first-order valence-corrected chi connectivity index (χ1v) is 6.02. The molecule has 0 fully saturated rings. The third-order valence-electron chi connectivity index (χ3n) is 2.18. The summed E-state index contributed by atoms with van der Waals surface area (Å²) in [5.41, 5.74) is 0.802. The van der Waals surface area contributed by atoms with E-state index < -0.39 is 0 Å². The van der Waals surface area contributed by atoms with Gasteiger partial charge in [0.1, 0.15) is 12.1 Å². The molecule has 0 atom stereocenters. The molecule has 0 aliphatic rings. The summed E-state index contributed by atoms with van der Waals surface area (Å²) in [5, 5.41) is 5.77. The average Bonchev–Trinajstić information content (AvgIpc) is 2.29. The van der Waals surface area contributed by atoms with Gasteiger partial charge in [0.05, 0.1) is 18.7 Å². The smallest absolute Gasteiger partial charge is 0.239 e. The Balaban J connectivity index is 2.62. The number of aromatic nitrogens is 2. The highest BCUT2D eigenvalue weighted by atomic mass is 16.5. The number of ether oxygens (including phenoxy) is 1. The first kappa shape index (κ1) is 14.2. The molecule has 1 aromatic heterocycles. The van der Waals surface area contributed by atoms with Crippen molar-refractivity contribution in [3.63, 3.8) is 0 Å². The number of anilines is 1. The number of nitrogens with one attached hydrogen (secondary N) is 2. The number of rotatable bonds is 6. The SMILES string of the molecule is CCOc1ncnc(NCC(=O)NC(C)C)c1C.